The number of carbonyl (C=O) groups is 2. The van der Waals surface area contributed by atoms with E-state index in [2.05, 4.69) is 17.3 Å². The monoisotopic (exact) mass is 283 g/mol. The number of amides is 1. The molecule has 0 aromatic heterocycles. The van der Waals surface area contributed by atoms with Gasteiger partial charge in [0.1, 0.15) is 0 Å². The van der Waals surface area contributed by atoms with Crippen LogP contribution in [-0.4, -0.2) is 55.1 Å². The highest BCUT2D eigenvalue weighted by molar-refractivity contribution is 6.01. The van der Waals surface area contributed by atoms with Crippen LogP contribution in [0.4, 0.5) is 0 Å². The summed E-state index contributed by atoms with van der Waals surface area (Å²) in [7, 11) is 2.19. The van der Waals surface area contributed by atoms with E-state index in [1.165, 1.54) is 12.8 Å². The molecular formula is C14H25N3O3. The Bertz CT molecular complexity index is 361. The first kappa shape index (κ1) is 15.3. The number of piperidine rings is 1. The molecule has 2 aliphatic rings. The summed E-state index contributed by atoms with van der Waals surface area (Å²) in [6, 6.07) is 0.0849. The van der Waals surface area contributed by atoms with Crippen molar-refractivity contribution in [1.82, 2.24) is 10.2 Å². The molecule has 6 nitrogen and oxygen atoms in total. The maximum atomic E-state index is 11.8. The summed E-state index contributed by atoms with van der Waals surface area (Å²) >= 11 is 0. The van der Waals surface area contributed by atoms with Crippen LogP contribution < -0.4 is 11.1 Å². The van der Waals surface area contributed by atoms with Crippen LogP contribution in [0.15, 0.2) is 0 Å². The summed E-state index contributed by atoms with van der Waals surface area (Å²) in [4.78, 5) is 25.6. The first-order valence-corrected chi connectivity index (χ1v) is 7.44. The Kier molecular flexibility index (Phi) is 4.99. The lowest BCUT2D eigenvalue weighted by Gasteiger charge is -2.36. The molecule has 0 radical (unpaired) electrons. The van der Waals surface area contributed by atoms with Gasteiger partial charge in [-0.2, -0.15) is 0 Å². The Morgan fingerprint density at radius 2 is 1.95 bits per heavy atom. The van der Waals surface area contributed by atoms with Gasteiger partial charge < -0.3 is 20.7 Å². The van der Waals surface area contributed by atoms with E-state index in [1.807, 2.05) is 0 Å². The molecule has 6 heteroatoms. The Balaban J connectivity index is 1.75. The number of fused-ring (bicyclic) bond motifs is 2. The molecule has 0 aromatic carbocycles. The van der Waals surface area contributed by atoms with Gasteiger partial charge in [-0.15, -0.1) is 0 Å². The molecule has 0 spiro atoms. The highest BCUT2D eigenvalue weighted by atomic mass is 16.5. The van der Waals surface area contributed by atoms with Gasteiger partial charge in [0.25, 0.3) is 0 Å². The number of hydrogen-bond donors (Lipinski definition) is 2. The van der Waals surface area contributed by atoms with E-state index >= 15 is 0 Å². The zero-order valence-corrected chi connectivity index (χ0v) is 12.3. The van der Waals surface area contributed by atoms with E-state index in [0.29, 0.717) is 24.5 Å². The minimum atomic E-state index is -1.21. The molecule has 3 unspecified atom stereocenters. The maximum Gasteiger partial charge on any atom is 0.332 e. The van der Waals surface area contributed by atoms with E-state index < -0.39 is 17.9 Å². The summed E-state index contributed by atoms with van der Waals surface area (Å²) in [6.45, 7) is 2.53. The van der Waals surface area contributed by atoms with Crippen LogP contribution in [0.2, 0.25) is 0 Å². The number of nitrogens with one attached hydrogen (secondary N) is 1. The van der Waals surface area contributed by atoms with Gasteiger partial charge in [-0.25, -0.2) is 4.79 Å². The fourth-order valence-corrected chi connectivity index (χ4v) is 3.38. The molecule has 2 rings (SSSR count). The van der Waals surface area contributed by atoms with Crippen LogP contribution >= 0.6 is 0 Å². The molecule has 3 atom stereocenters. The summed E-state index contributed by atoms with van der Waals surface area (Å²) in [5.74, 6) is -0.606. The van der Waals surface area contributed by atoms with Gasteiger partial charge in [0.05, 0.1) is 6.61 Å². The molecule has 20 heavy (non-hydrogen) atoms. The average molecular weight is 283 g/mol. The predicted molar refractivity (Wildman–Crippen MR) is 74.9 cm³/mol. The van der Waals surface area contributed by atoms with Crippen molar-refractivity contribution >= 4 is 11.9 Å². The Labute approximate surface area is 120 Å². The van der Waals surface area contributed by atoms with E-state index in [0.717, 1.165) is 12.8 Å². The summed E-state index contributed by atoms with van der Waals surface area (Å²) < 4.78 is 4.74. The first-order valence-electron chi connectivity index (χ1n) is 7.44. The van der Waals surface area contributed by atoms with Crippen molar-refractivity contribution in [3.8, 4) is 0 Å². The molecule has 0 aliphatic carbocycles. The van der Waals surface area contributed by atoms with Crippen molar-refractivity contribution in [3.05, 3.63) is 0 Å². The third kappa shape index (κ3) is 3.30. The van der Waals surface area contributed by atoms with Gasteiger partial charge in [0.2, 0.25) is 5.91 Å². The van der Waals surface area contributed by atoms with Crippen molar-refractivity contribution in [1.29, 1.82) is 0 Å². The third-order valence-corrected chi connectivity index (χ3v) is 4.58. The van der Waals surface area contributed by atoms with Gasteiger partial charge in [-0.3, -0.25) is 4.79 Å². The first-order chi connectivity index (χ1) is 9.52. The summed E-state index contributed by atoms with van der Waals surface area (Å²) in [6.07, 6.45) is 4.74. The SMILES string of the molecule is CCOC(=O)C(N)C(=O)NCC1CC2CCC(C1)N2C. The number of ether oxygens (including phenoxy) is 1. The number of rotatable bonds is 5. The van der Waals surface area contributed by atoms with Gasteiger partial charge in [-0.1, -0.05) is 0 Å². The molecule has 2 bridgehead atoms. The average Bonchev–Trinajstić information content (AvgIpc) is 2.67. The fraction of sp³-hybridized carbons (Fsp3) is 0.857. The lowest BCUT2D eigenvalue weighted by molar-refractivity contribution is -0.148. The quantitative estimate of drug-likeness (QED) is 0.542. The molecule has 114 valence electrons. The van der Waals surface area contributed by atoms with Crippen molar-refractivity contribution in [3.63, 3.8) is 0 Å². The lowest BCUT2D eigenvalue weighted by atomic mass is 9.91. The van der Waals surface area contributed by atoms with E-state index in [9.17, 15) is 9.59 Å². The number of esters is 1. The molecular weight excluding hydrogens is 258 g/mol. The largest absolute Gasteiger partial charge is 0.464 e. The molecule has 2 heterocycles. The maximum absolute atomic E-state index is 11.8. The number of carbonyl (C=O) groups excluding carboxylic acids is 2. The molecule has 0 aromatic rings. The lowest BCUT2D eigenvalue weighted by Crippen LogP contribution is -2.49. The Morgan fingerprint density at radius 1 is 1.35 bits per heavy atom. The van der Waals surface area contributed by atoms with Crippen LogP contribution in [0.5, 0.6) is 0 Å². The topological polar surface area (TPSA) is 84.7 Å². The molecule has 2 aliphatic heterocycles. The van der Waals surface area contributed by atoms with Crippen LogP contribution in [-0.2, 0) is 14.3 Å². The molecule has 2 fully saturated rings. The van der Waals surface area contributed by atoms with Crippen LogP contribution in [0.3, 0.4) is 0 Å². The Hall–Kier alpha value is -1.14. The summed E-state index contributed by atoms with van der Waals surface area (Å²) in [5.41, 5.74) is 5.56. The van der Waals surface area contributed by atoms with Crippen LogP contribution in [0.25, 0.3) is 0 Å². The minimum absolute atomic E-state index is 0.234. The highest BCUT2D eigenvalue weighted by Crippen LogP contribution is 2.36. The van der Waals surface area contributed by atoms with Gasteiger partial charge in [0, 0.05) is 18.6 Å². The summed E-state index contributed by atoms with van der Waals surface area (Å²) in [5, 5.41) is 2.79. The Morgan fingerprint density at radius 3 is 2.50 bits per heavy atom. The normalized spacial score (nSPS) is 30.9. The van der Waals surface area contributed by atoms with E-state index in [4.69, 9.17) is 10.5 Å². The van der Waals surface area contributed by atoms with Gasteiger partial charge in [0.15, 0.2) is 6.04 Å². The predicted octanol–water partition coefficient (Wildman–Crippen LogP) is -0.134. The molecule has 2 saturated heterocycles. The number of hydrogen-bond acceptors (Lipinski definition) is 5. The minimum Gasteiger partial charge on any atom is -0.464 e. The van der Waals surface area contributed by atoms with Crippen molar-refractivity contribution in [2.45, 2.75) is 50.7 Å². The highest BCUT2D eigenvalue weighted by Gasteiger charge is 2.38. The van der Waals surface area contributed by atoms with Gasteiger partial charge >= 0.3 is 5.97 Å². The number of nitrogens with two attached hydrogens (primary N) is 1. The standard InChI is InChI=1S/C14H25N3O3/c1-3-20-14(19)12(15)13(18)16-8-9-6-10-4-5-11(7-9)17(10)2/h9-12H,3-8,15H2,1-2H3,(H,16,18). The number of nitrogens with zero attached hydrogens (tertiary/aromatic N) is 1. The molecule has 1 amide bonds. The van der Waals surface area contributed by atoms with Crippen LogP contribution in [0, 0.1) is 5.92 Å². The molecule has 0 saturated carbocycles. The third-order valence-electron chi connectivity index (χ3n) is 4.58. The van der Waals surface area contributed by atoms with Crippen molar-refractivity contribution in [2.75, 3.05) is 20.2 Å². The van der Waals surface area contributed by atoms with Gasteiger partial charge in [-0.05, 0) is 45.6 Å². The fourth-order valence-electron chi connectivity index (χ4n) is 3.38. The van der Waals surface area contributed by atoms with Crippen molar-refractivity contribution < 1.29 is 14.3 Å². The second-order valence-corrected chi connectivity index (χ2v) is 5.86. The molecule has 3 N–H and O–H groups in total. The second kappa shape index (κ2) is 6.54. The van der Waals surface area contributed by atoms with Crippen LogP contribution in [0.1, 0.15) is 32.6 Å². The van der Waals surface area contributed by atoms with Crippen molar-refractivity contribution in [2.24, 2.45) is 11.7 Å². The zero-order valence-electron chi connectivity index (χ0n) is 12.3. The second-order valence-electron chi connectivity index (χ2n) is 5.86. The zero-order chi connectivity index (χ0) is 14.7. The van der Waals surface area contributed by atoms with E-state index in [-0.39, 0.29) is 6.61 Å². The van der Waals surface area contributed by atoms with E-state index in [1.54, 1.807) is 6.92 Å². The smallest absolute Gasteiger partial charge is 0.332 e.